The Morgan fingerprint density at radius 3 is 1.19 bits per heavy atom. The molecule has 0 aromatic rings. The highest BCUT2D eigenvalue weighted by Crippen LogP contribution is 2.26. The Morgan fingerprint density at radius 1 is 0.511 bits per heavy atom. The first-order valence-electron chi connectivity index (χ1n) is 17.0. The molecule has 1 aliphatic rings. The molecule has 0 aromatic heterocycles. The lowest BCUT2D eigenvalue weighted by atomic mass is 9.95. The molecule has 0 saturated carbocycles. The van der Waals surface area contributed by atoms with Gasteiger partial charge in [0.2, 0.25) is 0 Å². The fourth-order valence-corrected chi connectivity index (χ4v) is 5.77. The van der Waals surface area contributed by atoms with Crippen molar-refractivity contribution in [2.45, 2.75) is 132 Å². The van der Waals surface area contributed by atoms with Gasteiger partial charge in [0.25, 0.3) is 17.7 Å². The molecule has 1 rings (SSSR count). The van der Waals surface area contributed by atoms with Crippen LogP contribution in [0.2, 0.25) is 0 Å². The number of carbonyl (C=O) groups excluding carboxylic acids is 6. The molecule has 1 aliphatic heterocycles. The zero-order valence-electron chi connectivity index (χ0n) is 31.4. The fraction of sp³-hybridized carbons (Fsp3) is 0.829. The van der Waals surface area contributed by atoms with Gasteiger partial charge in [0.1, 0.15) is 18.1 Å². The van der Waals surface area contributed by atoms with Crippen LogP contribution in [0.1, 0.15) is 95.9 Å². The molecule has 47 heavy (non-hydrogen) atoms. The van der Waals surface area contributed by atoms with E-state index in [9.17, 15) is 28.8 Å². The predicted octanol–water partition coefficient (Wildman–Crippen LogP) is 3.93. The molecule has 3 amide bonds. The number of likely N-dealkylation sites (N-methyl/N-ethyl adjacent to an activating group) is 3. The minimum atomic E-state index is -1.28. The van der Waals surface area contributed by atoms with Crippen LogP contribution in [0.4, 0.5) is 0 Å². The summed E-state index contributed by atoms with van der Waals surface area (Å²) in [4.78, 5) is 87.2. The van der Waals surface area contributed by atoms with Crippen LogP contribution in [0.5, 0.6) is 0 Å². The molecule has 7 atom stereocenters. The topological polar surface area (TPSA) is 140 Å². The third kappa shape index (κ3) is 10.4. The van der Waals surface area contributed by atoms with Crippen LogP contribution in [0.25, 0.3) is 0 Å². The highest BCUT2D eigenvalue weighted by molar-refractivity contribution is 5.94. The van der Waals surface area contributed by atoms with E-state index < -0.39 is 95.7 Å². The van der Waals surface area contributed by atoms with Crippen molar-refractivity contribution in [3.05, 3.63) is 0 Å². The first-order chi connectivity index (χ1) is 21.6. The van der Waals surface area contributed by atoms with Crippen LogP contribution in [-0.4, -0.2) is 108 Å². The fourth-order valence-electron chi connectivity index (χ4n) is 5.77. The molecule has 0 aromatic carbocycles. The number of cyclic esters (lactones) is 3. The first-order valence-corrected chi connectivity index (χ1v) is 17.0. The van der Waals surface area contributed by atoms with E-state index in [1.807, 2.05) is 20.8 Å². The molecular formula is C35H61N3O9. The van der Waals surface area contributed by atoms with Crippen molar-refractivity contribution in [1.82, 2.24) is 14.7 Å². The molecule has 0 bridgehead atoms. The van der Waals surface area contributed by atoms with Crippen molar-refractivity contribution >= 4 is 35.6 Å². The van der Waals surface area contributed by atoms with Gasteiger partial charge in [-0.2, -0.15) is 0 Å². The summed E-state index contributed by atoms with van der Waals surface area (Å²) >= 11 is 0. The molecule has 0 N–H and O–H groups in total. The van der Waals surface area contributed by atoms with Crippen molar-refractivity contribution < 1.29 is 43.0 Å². The molecule has 1 heterocycles. The Bertz CT molecular complexity index is 1120. The van der Waals surface area contributed by atoms with Gasteiger partial charge in [-0.3, -0.25) is 14.4 Å². The quantitative estimate of drug-likeness (QED) is 0.278. The molecule has 12 nitrogen and oxygen atoms in total. The van der Waals surface area contributed by atoms with Gasteiger partial charge in [-0.1, -0.05) is 89.5 Å². The van der Waals surface area contributed by atoms with Gasteiger partial charge in [0, 0.05) is 21.1 Å². The third-order valence-electron chi connectivity index (χ3n) is 8.89. The number of amides is 3. The SMILES string of the molecule is CC[C@H](C)[C@H]1C(=O)O[C@H](C(C)C)C(=O)N(C)[C@@H](C(C)C)C(=O)O[C@H](C(C)C)C(=O)N(C)[C@@H](CC(C)C)C(=O)O[C@H](C(C)C)C(=O)N1C. The van der Waals surface area contributed by atoms with Gasteiger partial charge in [-0.05, 0) is 41.9 Å². The van der Waals surface area contributed by atoms with Crippen LogP contribution in [-0.2, 0) is 43.0 Å². The van der Waals surface area contributed by atoms with Gasteiger partial charge in [0.05, 0.1) is 0 Å². The molecule has 1 fully saturated rings. The van der Waals surface area contributed by atoms with Crippen LogP contribution < -0.4 is 0 Å². The highest BCUT2D eigenvalue weighted by Gasteiger charge is 2.45. The molecular weight excluding hydrogens is 606 g/mol. The van der Waals surface area contributed by atoms with Crippen molar-refractivity contribution in [2.24, 2.45) is 35.5 Å². The maximum atomic E-state index is 14.0. The molecule has 0 spiro atoms. The van der Waals surface area contributed by atoms with E-state index in [-0.39, 0.29) is 18.3 Å². The summed E-state index contributed by atoms with van der Waals surface area (Å²) < 4.78 is 17.6. The molecule has 0 radical (unpaired) electrons. The first kappa shape index (κ1) is 41.8. The lowest BCUT2D eigenvalue weighted by Crippen LogP contribution is -2.57. The lowest BCUT2D eigenvalue weighted by molar-refractivity contribution is -0.181. The van der Waals surface area contributed by atoms with Crippen LogP contribution in [0.15, 0.2) is 0 Å². The average molecular weight is 668 g/mol. The molecule has 0 unspecified atom stereocenters. The minimum Gasteiger partial charge on any atom is -0.450 e. The second-order valence-electron chi connectivity index (χ2n) is 14.8. The predicted molar refractivity (Wildman–Crippen MR) is 178 cm³/mol. The van der Waals surface area contributed by atoms with Crippen molar-refractivity contribution in [3.63, 3.8) is 0 Å². The second-order valence-corrected chi connectivity index (χ2v) is 14.8. The lowest BCUT2D eigenvalue weighted by Gasteiger charge is -2.38. The summed E-state index contributed by atoms with van der Waals surface area (Å²) in [5.41, 5.74) is 0. The Balaban J connectivity index is 3.98. The zero-order chi connectivity index (χ0) is 36.7. The number of hydrogen-bond acceptors (Lipinski definition) is 9. The van der Waals surface area contributed by atoms with E-state index in [0.717, 1.165) is 0 Å². The minimum absolute atomic E-state index is 0.0416. The summed E-state index contributed by atoms with van der Waals surface area (Å²) in [6, 6.07) is -3.30. The number of esters is 3. The Kier molecular flexibility index (Phi) is 15.9. The van der Waals surface area contributed by atoms with E-state index in [1.54, 1.807) is 62.3 Å². The summed E-state index contributed by atoms with van der Waals surface area (Å²) in [6.45, 7) is 21.3. The highest BCUT2D eigenvalue weighted by atomic mass is 16.6. The van der Waals surface area contributed by atoms with E-state index in [4.69, 9.17) is 14.2 Å². The van der Waals surface area contributed by atoms with Crippen molar-refractivity contribution in [2.75, 3.05) is 21.1 Å². The Hall–Kier alpha value is -3.18. The van der Waals surface area contributed by atoms with Crippen molar-refractivity contribution in [3.8, 4) is 0 Å². The number of ether oxygens (including phenoxy) is 3. The number of rotatable bonds is 8. The van der Waals surface area contributed by atoms with Gasteiger partial charge in [0.15, 0.2) is 18.3 Å². The standard InChI is InChI=1S/C35H61N3O9/c1-16-23(12)26-35(44)47-29(22(10)11)31(40)37(14)25(19(4)5)34(43)46-27(20(6)7)30(39)36(13)24(17-18(2)3)33(42)45-28(21(8)9)32(41)38(26)15/h18-29H,16-17H2,1-15H3/t23-,24-,25-,26-,27+,28+,29+/m0/s1. The summed E-state index contributed by atoms with van der Waals surface area (Å²) in [7, 11) is 4.35. The maximum absolute atomic E-state index is 14.0. The maximum Gasteiger partial charge on any atom is 0.329 e. The van der Waals surface area contributed by atoms with E-state index in [0.29, 0.717) is 6.42 Å². The Labute approximate surface area is 282 Å². The number of nitrogens with zero attached hydrogens (tertiary/aromatic N) is 3. The molecule has 270 valence electrons. The average Bonchev–Trinajstić information content (AvgIpc) is 2.97. The van der Waals surface area contributed by atoms with Gasteiger partial charge >= 0.3 is 17.9 Å². The monoisotopic (exact) mass is 667 g/mol. The smallest absolute Gasteiger partial charge is 0.329 e. The van der Waals surface area contributed by atoms with E-state index >= 15 is 0 Å². The second kappa shape index (κ2) is 17.8. The largest absolute Gasteiger partial charge is 0.450 e. The summed E-state index contributed by atoms with van der Waals surface area (Å²) in [5.74, 6) is -6.48. The molecule has 12 heteroatoms. The van der Waals surface area contributed by atoms with E-state index in [2.05, 4.69) is 0 Å². The van der Waals surface area contributed by atoms with E-state index in [1.165, 1.54) is 35.8 Å². The Morgan fingerprint density at radius 2 is 0.851 bits per heavy atom. The number of carbonyl (C=O) groups is 6. The number of hydrogen-bond donors (Lipinski definition) is 0. The normalized spacial score (nSPS) is 27.4. The van der Waals surface area contributed by atoms with Crippen LogP contribution in [0, 0.1) is 35.5 Å². The van der Waals surface area contributed by atoms with Gasteiger partial charge in [-0.15, -0.1) is 0 Å². The summed E-state index contributed by atoms with van der Waals surface area (Å²) in [6.07, 6.45) is -3.10. The summed E-state index contributed by atoms with van der Waals surface area (Å²) in [5, 5.41) is 0. The van der Waals surface area contributed by atoms with Gasteiger partial charge in [-0.25, -0.2) is 14.4 Å². The third-order valence-corrected chi connectivity index (χ3v) is 8.89. The van der Waals surface area contributed by atoms with Gasteiger partial charge < -0.3 is 28.9 Å². The molecule has 0 aliphatic carbocycles. The van der Waals surface area contributed by atoms with Crippen molar-refractivity contribution in [1.29, 1.82) is 0 Å². The van der Waals surface area contributed by atoms with Crippen LogP contribution >= 0.6 is 0 Å². The zero-order valence-corrected chi connectivity index (χ0v) is 31.4. The molecule has 1 saturated heterocycles. The van der Waals surface area contributed by atoms with Crippen LogP contribution in [0.3, 0.4) is 0 Å².